The molecule has 0 atom stereocenters. The molecule has 0 saturated carbocycles. The average Bonchev–Trinajstić information content (AvgIpc) is 3.20. The van der Waals surface area contributed by atoms with Crippen LogP contribution in [0.15, 0.2) is 60.9 Å². The van der Waals surface area contributed by atoms with Crippen molar-refractivity contribution in [2.75, 3.05) is 38.2 Å². The van der Waals surface area contributed by atoms with Gasteiger partial charge in [0.25, 0.3) is 5.91 Å². The summed E-state index contributed by atoms with van der Waals surface area (Å²) in [5, 5.41) is 4.03. The van der Waals surface area contributed by atoms with Crippen LogP contribution in [-0.2, 0) is 11.3 Å². The van der Waals surface area contributed by atoms with Gasteiger partial charge in [-0.2, -0.15) is 0 Å². The van der Waals surface area contributed by atoms with E-state index in [9.17, 15) is 4.79 Å². The molecule has 0 spiro atoms. The van der Waals surface area contributed by atoms with Gasteiger partial charge in [0.1, 0.15) is 5.69 Å². The highest BCUT2D eigenvalue weighted by Crippen LogP contribution is 2.21. The molecule has 152 valence electrons. The first kappa shape index (κ1) is 18.7. The second-order valence-corrected chi connectivity index (χ2v) is 7.43. The first-order chi connectivity index (χ1) is 14.8. The molecule has 3 heterocycles. The lowest BCUT2D eigenvalue weighted by atomic mass is 10.2. The minimum Gasteiger partial charge on any atom is -0.379 e. The van der Waals surface area contributed by atoms with Gasteiger partial charge in [-0.1, -0.05) is 12.1 Å². The SMILES string of the molecule is O=C(Nc1ccc2c(ccn2CCN2CCOCC2)c1)c1cnc2ccccc2n1. The molecule has 2 aromatic carbocycles. The minimum atomic E-state index is -0.264. The third-order valence-electron chi connectivity index (χ3n) is 5.47. The second-order valence-electron chi connectivity index (χ2n) is 7.43. The van der Waals surface area contributed by atoms with Gasteiger partial charge < -0.3 is 14.6 Å². The zero-order valence-electron chi connectivity index (χ0n) is 16.6. The van der Waals surface area contributed by atoms with Crippen LogP contribution in [0.3, 0.4) is 0 Å². The van der Waals surface area contributed by atoms with E-state index in [0.29, 0.717) is 11.2 Å². The molecule has 7 heteroatoms. The smallest absolute Gasteiger partial charge is 0.275 e. The van der Waals surface area contributed by atoms with Crippen LogP contribution in [0.2, 0.25) is 0 Å². The predicted molar refractivity (Wildman–Crippen MR) is 117 cm³/mol. The Morgan fingerprint density at radius 3 is 2.73 bits per heavy atom. The van der Waals surface area contributed by atoms with E-state index in [1.807, 2.05) is 36.4 Å². The Kier molecular flexibility index (Phi) is 5.13. The van der Waals surface area contributed by atoms with Crippen LogP contribution in [0.5, 0.6) is 0 Å². The lowest BCUT2D eigenvalue weighted by molar-refractivity contribution is 0.0365. The van der Waals surface area contributed by atoms with Crippen molar-refractivity contribution in [1.82, 2.24) is 19.4 Å². The van der Waals surface area contributed by atoms with E-state index >= 15 is 0 Å². The molecule has 0 unspecified atom stereocenters. The van der Waals surface area contributed by atoms with E-state index in [2.05, 4.69) is 43.1 Å². The van der Waals surface area contributed by atoms with Crippen molar-refractivity contribution in [1.29, 1.82) is 0 Å². The number of fused-ring (bicyclic) bond motifs is 2. The van der Waals surface area contributed by atoms with Crippen molar-refractivity contribution >= 4 is 33.5 Å². The van der Waals surface area contributed by atoms with Crippen LogP contribution in [0.4, 0.5) is 5.69 Å². The number of hydrogen-bond donors (Lipinski definition) is 1. The Morgan fingerprint density at radius 1 is 1.03 bits per heavy atom. The first-order valence-corrected chi connectivity index (χ1v) is 10.2. The van der Waals surface area contributed by atoms with Crippen molar-refractivity contribution in [2.45, 2.75) is 6.54 Å². The van der Waals surface area contributed by atoms with E-state index in [0.717, 1.165) is 61.5 Å². The normalized spacial score (nSPS) is 14.9. The van der Waals surface area contributed by atoms with Gasteiger partial charge in [0.2, 0.25) is 0 Å². The molecule has 4 aromatic rings. The van der Waals surface area contributed by atoms with Gasteiger partial charge in [-0.25, -0.2) is 4.98 Å². The number of anilines is 1. The van der Waals surface area contributed by atoms with Crippen LogP contribution < -0.4 is 5.32 Å². The van der Waals surface area contributed by atoms with Gasteiger partial charge in [0, 0.05) is 49.0 Å². The van der Waals surface area contributed by atoms with Gasteiger partial charge >= 0.3 is 0 Å². The fraction of sp³-hybridized carbons (Fsp3) is 0.261. The van der Waals surface area contributed by atoms with Crippen molar-refractivity contribution in [3.05, 3.63) is 66.6 Å². The summed E-state index contributed by atoms with van der Waals surface area (Å²) >= 11 is 0. The van der Waals surface area contributed by atoms with Gasteiger partial charge in [-0.05, 0) is 36.4 Å². The molecule has 0 aliphatic carbocycles. The molecule has 2 aromatic heterocycles. The summed E-state index contributed by atoms with van der Waals surface area (Å²) in [6.45, 7) is 5.56. The maximum absolute atomic E-state index is 12.6. The number of rotatable bonds is 5. The number of aromatic nitrogens is 3. The fourth-order valence-electron chi connectivity index (χ4n) is 3.81. The topological polar surface area (TPSA) is 72.3 Å². The van der Waals surface area contributed by atoms with Gasteiger partial charge in [0.15, 0.2) is 0 Å². The Balaban J connectivity index is 1.29. The van der Waals surface area contributed by atoms with E-state index in [1.54, 1.807) is 0 Å². The third kappa shape index (κ3) is 3.90. The van der Waals surface area contributed by atoms with Crippen molar-refractivity contribution < 1.29 is 9.53 Å². The van der Waals surface area contributed by atoms with Crippen LogP contribution in [0.1, 0.15) is 10.5 Å². The Hall–Kier alpha value is -3.29. The maximum Gasteiger partial charge on any atom is 0.275 e. The lowest BCUT2D eigenvalue weighted by Gasteiger charge is -2.26. The summed E-state index contributed by atoms with van der Waals surface area (Å²) in [7, 11) is 0. The molecule has 5 rings (SSSR count). The molecule has 1 saturated heterocycles. The number of benzene rings is 2. The standard InChI is InChI=1S/C23H23N5O2/c29-23(21-16-24-19-3-1-2-4-20(19)26-21)25-18-5-6-22-17(15-18)7-8-28(22)10-9-27-11-13-30-14-12-27/h1-8,15-16H,9-14H2,(H,25,29). The summed E-state index contributed by atoms with van der Waals surface area (Å²) in [6, 6.07) is 15.6. The maximum atomic E-state index is 12.6. The first-order valence-electron chi connectivity index (χ1n) is 10.2. The number of nitrogens with one attached hydrogen (secondary N) is 1. The highest BCUT2D eigenvalue weighted by Gasteiger charge is 2.12. The van der Waals surface area contributed by atoms with Crippen LogP contribution in [-0.4, -0.2) is 58.2 Å². The molecular weight excluding hydrogens is 378 g/mol. The summed E-state index contributed by atoms with van der Waals surface area (Å²) < 4.78 is 7.67. The van der Waals surface area contributed by atoms with Crippen molar-refractivity contribution in [2.24, 2.45) is 0 Å². The Morgan fingerprint density at radius 2 is 1.87 bits per heavy atom. The minimum absolute atomic E-state index is 0.264. The van der Waals surface area contributed by atoms with Gasteiger partial charge in [0.05, 0.1) is 30.4 Å². The zero-order valence-corrected chi connectivity index (χ0v) is 16.6. The van der Waals surface area contributed by atoms with Crippen LogP contribution in [0.25, 0.3) is 21.9 Å². The molecule has 1 aliphatic rings. The van der Waals surface area contributed by atoms with Crippen molar-refractivity contribution in [3.8, 4) is 0 Å². The molecule has 7 nitrogen and oxygen atoms in total. The average molecular weight is 401 g/mol. The summed E-state index contributed by atoms with van der Waals surface area (Å²) in [4.78, 5) is 23.8. The summed E-state index contributed by atoms with van der Waals surface area (Å²) in [6.07, 6.45) is 3.61. The van der Waals surface area contributed by atoms with E-state index in [1.165, 1.54) is 6.20 Å². The summed E-state index contributed by atoms with van der Waals surface area (Å²) in [5.41, 5.74) is 3.68. The summed E-state index contributed by atoms with van der Waals surface area (Å²) in [5.74, 6) is -0.264. The third-order valence-corrected chi connectivity index (χ3v) is 5.47. The molecule has 1 fully saturated rings. The largest absolute Gasteiger partial charge is 0.379 e. The lowest BCUT2D eigenvalue weighted by Crippen LogP contribution is -2.38. The zero-order chi connectivity index (χ0) is 20.3. The number of morpholine rings is 1. The molecular formula is C23H23N5O2. The van der Waals surface area contributed by atoms with E-state index < -0.39 is 0 Å². The Labute approximate surface area is 174 Å². The Bertz CT molecular complexity index is 1200. The number of carbonyl (C=O) groups is 1. The second kappa shape index (κ2) is 8.22. The molecule has 1 aliphatic heterocycles. The van der Waals surface area contributed by atoms with E-state index in [-0.39, 0.29) is 5.91 Å². The highest BCUT2D eigenvalue weighted by atomic mass is 16.5. The number of hydrogen-bond acceptors (Lipinski definition) is 5. The highest BCUT2D eigenvalue weighted by molar-refractivity contribution is 6.04. The quantitative estimate of drug-likeness (QED) is 0.556. The number of para-hydroxylation sites is 2. The van der Waals surface area contributed by atoms with Crippen LogP contribution in [0, 0.1) is 0 Å². The van der Waals surface area contributed by atoms with Gasteiger partial charge in [-0.3, -0.25) is 14.7 Å². The molecule has 1 amide bonds. The fourth-order valence-corrected chi connectivity index (χ4v) is 3.81. The number of amides is 1. The van der Waals surface area contributed by atoms with Crippen molar-refractivity contribution in [3.63, 3.8) is 0 Å². The predicted octanol–water partition coefficient (Wildman–Crippen LogP) is 3.17. The number of ether oxygens (including phenoxy) is 1. The molecule has 1 N–H and O–H groups in total. The monoisotopic (exact) mass is 401 g/mol. The number of carbonyl (C=O) groups excluding carboxylic acids is 1. The number of nitrogens with zero attached hydrogens (tertiary/aromatic N) is 4. The molecule has 0 radical (unpaired) electrons. The van der Waals surface area contributed by atoms with Crippen LogP contribution >= 0.6 is 0 Å². The van der Waals surface area contributed by atoms with E-state index in [4.69, 9.17) is 4.74 Å². The molecule has 30 heavy (non-hydrogen) atoms. The molecule has 0 bridgehead atoms. The van der Waals surface area contributed by atoms with Gasteiger partial charge in [-0.15, -0.1) is 0 Å².